The molecule has 2 aromatic rings. The standard InChI is InChI=1S/C16H24N6/c1-16(2,3)22-15(17-18-19-22)13-20-9-11-21(12-10-20)14-7-5-4-6-8-14/h4-8H,9-13H2,1-3H3. The summed E-state index contributed by atoms with van der Waals surface area (Å²) in [7, 11) is 0. The zero-order chi connectivity index (χ0) is 15.6. The van der Waals surface area contributed by atoms with Gasteiger partial charge in [-0.2, -0.15) is 0 Å². The lowest BCUT2D eigenvalue weighted by Gasteiger charge is -2.36. The number of tetrazole rings is 1. The molecule has 0 unspecified atom stereocenters. The first kappa shape index (κ1) is 15.0. The molecule has 1 aliphatic heterocycles. The lowest BCUT2D eigenvalue weighted by atomic mass is 10.1. The highest BCUT2D eigenvalue weighted by Crippen LogP contribution is 2.18. The van der Waals surface area contributed by atoms with Crippen LogP contribution in [-0.4, -0.2) is 51.3 Å². The minimum atomic E-state index is -0.0787. The van der Waals surface area contributed by atoms with Crippen LogP contribution >= 0.6 is 0 Å². The number of piperazine rings is 1. The minimum absolute atomic E-state index is 0.0787. The predicted octanol–water partition coefficient (Wildman–Crippen LogP) is 1.75. The first-order chi connectivity index (χ1) is 10.5. The van der Waals surface area contributed by atoms with E-state index in [1.54, 1.807) is 0 Å². The average Bonchev–Trinajstić information content (AvgIpc) is 2.97. The average molecular weight is 300 g/mol. The van der Waals surface area contributed by atoms with Crippen LogP contribution in [0.5, 0.6) is 0 Å². The van der Waals surface area contributed by atoms with Gasteiger partial charge in [0.25, 0.3) is 0 Å². The zero-order valence-electron chi connectivity index (χ0n) is 13.6. The molecule has 1 fully saturated rings. The van der Waals surface area contributed by atoms with E-state index in [0.29, 0.717) is 0 Å². The number of benzene rings is 1. The summed E-state index contributed by atoms with van der Waals surface area (Å²) in [5, 5.41) is 12.2. The molecule has 6 nitrogen and oxygen atoms in total. The van der Waals surface area contributed by atoms with Gasteiger partial charge in [-0.1, -0.05) is 18.2 Å². The second-order valence-corrected chi connectivity index (χ2v) is 6.78. The van der Waals surface area contributed by atoms with E-state index in [1.165, 1.54) is 5.69 Å². The van der Waals surface area contributed by atoms with E-state index in [4.69, 9.17) is 0 Å². The van der Waals surface area contributed by atoms with Gasteiger partial charge in [0.15, 0.2) is 5.82 Å². The van der Waals surface area contributed by atoms with Crippen LogP contribution in [0.3, 0.4) is 0 Å². The second-order valence-electron chi connectivity index (χ2n) is 6.78. The summed E-state index contributed by atoms with van der Waals surface area (Å²) >= 11 is 0. The van der Waals surface area contributed by atoms with Crippen LogP contribution in [0.1, 0.15) is 26.6 Å². The fourth-order valence-electron chi connectivity index (χ4n) is 2.83. The molecule has 0 bridgehead atoms. The number of para-hydroxylation sites is 1. The number of aromatic nitrogens is 4. The van der Waals surface area contributed by atoms with E-state index in [-0.39, 0.29) is 5.54 Å². The molecule has 2 heterocycles. The smallest absolute Gasteiger partial charge is 0.165 e. The topological polar surface area (TPSA) is 50.1 Å². The van der Waals surface area contributed by atoms with Crippen molar-refractivity contribution in [3.05, 3.63) is 36.2 Å². The minimum Gasteiger partial charge on any atom is -0.369 e. The SMILES string of the molecule is CC(C)(C)n1nnnc1CN1CCN(c2ccccc2)CC1. The Morgan fingerprint density at radius 1 is 1.00 bits per heavy atom. The molecular weight excluding hydrogens is 276 g/mol. The number of anilines is 1. The van der Waals surface area contributed by atoms with Crippen molar-refractivity contribution in [1.82, 2.24) is 25.1 Å². The number of nitrogens with zero attached hydrogens (tertiary/aromatic N) is 6. The van der Waals surface area contributed by atoms with Crippen LogP contribution in [0.15, 0.2) is 30.3 Å². The highest BCUT2D eigenvalue weighted by molar-refractivity contribution is 5.46. The van der Waals surface area contributed by atoms with E-state index >= 15 is 0 Å². The maximum atomic E-state index is 4.20. The van der Waals surface area contributed by atoms with Crippen LogP contribution in [0.25, 0.3) is 0 Å². The molecule has 0 amide bonds. The molecule has 1 aromatic heterocycles. The van der Waals surface area contributed by atoms with Gasteiger partial charge in [-0.25, -0.2) is 4.68 Å². The molecule has 0 radical (unpaired) electrons. The molecule has 0 N–H and O–H groups in total. The number of hydrogen-bond donors (Lipinski definition) is 0. The van der Waals surface area contributed by atoms with Gasteiger partial charge in [0.1, 0.15) is 0 Å². The Morgan fingerprint density at radius 2 is 1.68 bits per heavy atom. The summed E-state index contributed by atoms with van der Waals surface area (Å²) in [5.74, 6) is 0.945. The maximum Gasteiger partial charge on any atom is 0.165 e. The predicted molar refractivity (Wildman–Crippen MR) is 86.7 cm³/mol. The van der Waals surface area contributed by atoms with E-state index < -0.39 is 0 Å². The summed E-state index contributed by atoms with van der Waals surface area (Å²) in [6, 6.07) is 10.6. The fourth-order valence-corrected chi connectivity index (χ4v) is 2.83. The Labute approximate surface area is 131 Å². The molecule has 118 valence electrons. The summed E-state index contributed by atoms with van der Waals surface area (Å²) < 4.78 is 1.93. The number of hydrogen-bond acceptors (Lipinski definition) is 5. The fraction of sp³-hybridized carbons (Fsp3) is 0.562. The highest BCUT2D eigenvalue weighted by atomic mass is 15.6. The van der Waals surface area contributed by atoms with Gasteiger partial charge in [-0.05, 0) is 43.3 Å². The molecule has 1 saturated heterocycles. The van der Waals surface area contributed by atoms with Gasteiger partial charge in [0, 0.05) is 31.9 Å². The molecule has 3 rings (SSSR count). The molecule has 1 aliphatic rings. The molecule has 0 aliphatic carbocycles. The molecule has 22 heavy (non-hydrogen) atoms. The lowest BCUT2D eigenvalue weighted by molar-refractivity contribution is 0.228. The lowest BCUT2D eigenvalue weighted by Crippen LogP contribution is -2.46. The van der Waals surface area contributed by atoms with Crippen LogP contribution in [-0.2, 0) is 12.1 Å². The van der Waals surface area contributed by atoms with E-state index in [2.05, 4.69) is 76.4 Å². The third-order valence-corrected chi connectivity index (χ3v) is 4.03. The van der Waals surface area contributed by atoms with Gasteiger partial charge >= 0.3 is 0 Å². The quantitative estimate of drug-likeness (QED) is 0.864. The second kappa shape index (κ2) is 6.04. The Kier molecular flexibility index (Phi) is 4.11. The summed E-state index contributed by atoms with van der Waals surface area (Å²) in [6.07, 6.45) is 0. The molecule has 6 heteroatoms. The molecule has 1 aromatic carbocycles. The van der Waals surface area contributed by atoms with Crippen molar-refractivity contribution in [2.24, 2.45) is 0 Å². The Hall–Kier alpha value is -1.95. The van der Waals surface area contributed by atoms with E-state index in [0.717, 1.165) is 38.5 Å². The van der Waals surface area contributed by atoms with Crippen molar-refractivity contribution in [3.63, 3.8) is 0 Å². The van der Waals surface area contributed by atoms with Crippen LogP contribution in [0.2, 0.25) is 0 Å². The van der Waals surface area contributed by atoms with Crippen molar-refractivity contribution >= 4 is 5.69 Å². The Bertz CT molecular complexity index is 593. The van der Waals surface area contributed by atoms with Gasteiger partial charge in [-0.15, -0.1) is 5.10 Å². The van der Waals surface area contributed by atoms with E-state index in [9.17, 15) is 0 Å². The van der Waals surface area contributed by atoms with Crippen molar-refractivity contribution in [1.29, 1.82) is 0 Å². The molecule has 0 spiro atoms. The normalized spacial score (nSPS) is 17.0. The highest BCUT2D eigenvalue weighted by Gasteiger charge is 2.23. The molecule has 0 atom stereocenters. The van der Waals surface area contributed by atoms with Gasteiger partial charge in [0.2, 0.25) is 0 Å². The summed E-state index contributed by atoms with van der Waals surface area (Å²) in [4.78, 5) is 4.86. The molecular formula is C16H24N6. The Balaban J connectivity index is 1.60. The Morgan fingerprint density at radius 3 is 2.32 bits per heavy atom. The van der Waals surface area contributed by atoms with Crippen LogP contribution in [0.4, 0.5) is 5.69 Å². The largest absolute Gasteiger partial charge is 0.369 e. The first-order valence-electron chi connectivity index (χ1n) is 7.84. The molecule has 0 saturated carbocycles. The maximum absolute atomic E-state index is 4.20. The van der Waals surface area contributed by atoms with Crippen molar-refractivity contribution in [2.75, 3.05) is 31.1 Å². The van der Waals surface area contributed by atoms with Crippen LogP contribution < -0.4 is 4.90 Å². The summed E-state index contributed by atoms with van der Waals surface area (Å²) in [5.41, 5.74) is 1.23. The van der Waals surface area contributed by atoms with Gasteiger partial charge in [-0.3, -0.25) is 4.90 Å². The van der Waals surface area contributed by atoms with Crippen molar-refractivity contribution in [2.45, 2.75) is 32.9 Å². The third kappa shape index (κ3) is 3.27. The van der Waals surface area contributed by atoms with Gasteiger partial charge < -0.3 is 4.90 Å². The first-order valence-corrected chi connectivity index (χ1v) is 7.84. The van der Waals surface area contributed by atoms with Crippen LogP contribution in [0, 0.1) is 0 Å². The van der Waals surface area contributed by atoms with Crippen molar-refractivity contribution in [3.8, 4) is 0 Å². The monoisotopic (exact) mass is 300 g/mol. The van der Waals surface area contributed by atoms with E-state index in [1.807, 2.05) is 4.68 Å². The third-order valence-electron chi connectivity index (χ3n) is 4.03. The van der Waals surface area contributed by atoms with Crippen molar-refractivity contribution < 1.29 is 0 Å². The number of rotatable bonds is 3. The van der Waals surface area contributed by atoms with Gasteiger partial charge in [0.05, 0.1) is 12.1 Å². The summed E-state index contributed by atoms with van der Waals surface area (Å²) in [6.45, 7) is 11.3. The zero-order valence-corrected chi connectivity index (χ0v) is 13.6.